The number of nitro groups is 1. The number of hydrogen-bond acceptors (Lipinski definition) is 4. The van der Waals surface area contributed by atoms with E-state index in [0.717, 1.165) is 25.7 Å². The van der Waals surface area contributed by atoms with Crippen LogP contribution in [0, 0.1) is 10.1 Å². The number of para-hydroxylation sites is 1. The summed E-state index contributed by atoms with van der Waals surface area (Å²) in [4.78, 5) is 35.3. The van der Waals surface area contributed by atoms with Crippen molar-refractivity contribution in [1.82, 2.24) is 5.32 Å². The van der Waals surface area contributed by atoms with Crippen LogP contribution in [0.3, 0.4) is 0 Å². The summed E-state index contributed by atoms with van der Waals surface area (Å²) in [5.41, 5.74) is 1.33. The first-order chi connectivity index (χ1) is 14.0. The molecule has 0 unspecified atom stereocenters. The number of rotatable bonds is 6. The van der Waals surface area contributed by atoms with Gasteiger partial charge < -0.3 is 10.6 Å². The summed E-state index contributed by atoms with van der Waals surface area (Å²) in [6.45, 7) is 0. The SMILES string of the molecule is O=C(/C=C/c1cccc([N+](=O)[O-])c1)Nc1ccccc1C(=O)NC1CCCCC1. The number of nitro benzene ring substituents is 1. The molecule has 1 saturated carbocycles. The Kier molecular flexibility index (Phi) is 6.73. The summed E-state index contributed by atoms with van der Waals surface area (Å²) in [7, 11) is 0. The molecule has 7 heteroatoms. The van der Waals surface area contributed by atoms with E-state index in [0.29, 0.717) is 16.8 Å². The molecule has 1 fully saturated rings. The van der Waals surface area contributed by atoms with E-state index >= 15 is 0 Å². The lowest BCUT2D eigenvalue weighted by atomic mass is 9.95. The van der Waals surface area contributed by atoms with Gasteiger partial charge in [0.1, 0.15) is 0 Å². The van der Waals surface area contributed by atoms with E-state index < -0.39 is 10.8 Å². The third-order valence-corrected chi connectivity index (χ3v) is 4.88. The monoisotopic (exact) mass is 393 g/mol. The summed E-state index contributed by atoms with van der Waals surface area (Å²) < 4.78 is 0. The zero-order chi connectivity index (χ0) is 20.6. The highest BCUT2D eigenvalue weighted by Crippen LogP contribution is 2.20. The zero-order valence-electron chi connectivity index (χ0n) is 16.0. The molecule has 2 amide bonds. The van der Waals surface area contributed by atoms with Gasteiger partial charge in [0.25, 0.3) is 11.6 Å². The van der Waals surface area contributed by atoms with Gasteiger partial charge in [-0.15, -0.1) is 0 Å². The maximum Gasteiger partial charge on any atom is 0.270 e. The van der Waals surface area contributed by atoms with Crippen LogP contribution in [-0.4, -0.2) is 22.8 Å². The first-order valence-electron chi connectivity index (χ1n) is 9.66. The van der Waals surface area contributed by atoms with E-state index in [1.54, 1.807) is 36.4 Å². The largest absolute Gasteiger partial charge is 0.349 e. The van der Waals surface area contributed by atoms with Crippen LogP contribution in [0.2, 0.25) is 0 Å². The van der Waals surface area contributed by atoms with Crippen LogP contribution in [-0.2, 0) is 4.79 Å². The quantitative estimate of drug-likeness (QED) is 0.434. The number of nitrogens with zero attached hydrogens (tertiary/aromatic N) is 1. The number of non-ortho nitro benzene ring substituents is 1. The molecule has 0 spiro atoms. The van der Waals surface area contributed by atoms with Gasteiger partial charge in [0, 0.05) is 24.3 Å². The first-order valence-corrected chi connectivity index (χ1v) is 9.66. The van der Waals surface area contributed by atoms with E-state index in [9.17, 15) is 19.7 Å². The highest BCUT2D eigenvalue weighted by atomic mass is 16.6. The summed E-state index contributed by atoms with van der Waals surface area (Å²) in [5.74, 6) is -0.620. The molecule has 0 radical (unpaired) electrons. The third-order valence-electron chi connectivity index (χ3n) is 4.88. The molecule has 150 valence electrons. The average molecular weight is 393 g/mol. The van der Waals surface area contributed by atoms with Gasteiger partial charge in [-0.25, -0.2) is 0 Å². The Morgan fingerprint density at radius 2 is 1.79 bits per heavy atom. The molecule has 3 rings (SSSR count). The molecule has 0 atom stereocenters. The number of anilines is 1. The molecule has 2 aromatic rings. The van der Waals surface area contributed by atoms with Gasteiger partial charge in [0.15, 0.2) is 0 Å². The van der Waals surface area contributed by atoms with Crippen LogP contribution in [0.25, 0.3) is 6.08 Å². The Balaban J connectivity index is 1.66. The highest BCUT2D eigenvalue weighted by molar-refractivity contribution is 6.07. The lowest BCUT2D eigenvalue weighted by Crippen LogP contribution is -2.36. The van der Waals surface area contributed by atoms with Gasteiger partial charge in [-0.05, 0) is 36.6 Å². The number of benzene rings is 2. The van der Waals surface area contributed by atoms with Crippen molar-refractivity contribution in [1.29, 1.82) is 0 Å². The maximum atomic E-state index is 12.7. The van der Waals surface area contributed by atoms with Crippen LogP contribution in [0.4, 0.5) is 11.4 Å². The molecule has 7 nitrogen and oxygen atoms in total. The van der Waals surface area contributed by atoms with Crippen LogP contribution in [0.1, 0.15) is 48.0 Å². The van der Waals surface area contributed by atoms with Crippen LogP contribution in [0.15, 0.2) is 54.6 Å². The Morgan fingerprint density at radius 3 is 2.55 bits per heavy atom. The Labute approximate surface area is 169 Å². The van der Waals surface area contributed by atoms with Crippen molar-refractivity contribution in [2.24, 2.45) is 0 Å². The molecule has 0 bridgehead atoms. The van der Waals surface area contributed by atoms with E-state index in [2.05, 4.69) is 10.6 Å². The Morgan fingerprint density at radius 1 is 1.03 bits per heavy atom. The molecule has 1 aliphatic rings. The van der Waals surface area contributed by atoms with Crippen molar-refractivity contribution < 1.29 is 14.5 Å². The van der Waals surface area contributed by atoms with Crippen LogP contribution in [0.5, 0.6) is 0 Å². The fourth-order valence-corrected chi connectivity index (χ4v) is 3.39. The molecule has 2 aromatic carbocycles. The number of hydrogen-bond donors (Lipinski definition) is 2. The van der Waals surface area contributed by atoms with Gasteiger partial charge in [0.05, 0.1) is 16.2 Å². The normalized spacial score (nSPS) is 14.5. The van der Waals surface area contributed by atoms with Crippen molar-refractivity contribution in [3.63, 3.8) is 0 Å². The molecule has 0 heterocycles. The summed E-state index contributed by atoms with van der Waals surface area (Å²) in [6.07, 6.45) is 8.17. The predicted octanol–water partition coefficient (Wildman–Crippen LogP) is 4.31. The minimum Gasteiger partial charge on any atom is -0.349 e. The van der Waals surface area contributed by atoms with Crippen molar-refractivity contribution in [3.8, 4) is 0 Å². The molecular weight excluding hydrogens is 370 g/mol. The summed E-state index contributed by atoms with van der Waals surface area (Å²) >= 11 is 0. The topological polar surface area (TPSA) is 101 Å². The molecular formula is C22H23N3O4. The van der Waals surface area contributed by atoms with E-state index in [1.807, 2.05) is 0 Å². The number of carbonyl (C=O) groups is 2. The molecule has 2 N–H and O–H groups in total. The minimum absolute atomic E-state index is 0.0442. The van der Waals surface area contributed by atoms with Gasteiger partial charge >= 0.3 is 0 Å². The van der Waals surface area contributed by atoms with Crippen molar-refractivity contribution in [2.75, 3.05) is 5.32 Å². The first kappa shape index (κ1) is 20.3. The van der Waals surface area contributed by atoms with Crippen LogP contribution >= 0.6 is 0 Å². The molecule has 0 aromatic heterocycles. The second kappa shape index (κ2) is 9.64. The Hall–Kier alpha value is -3.48. The molecule has 0 aliphatic heterocycles. The zero-order valence-corrected chi connectivity index (χ0v) is 16.0. The standard InChI is InChI=1S/C22H23N3O4/c26-21(14-13-16-7-6-10-18(15-16)25(28)29)24-20-12-5-4-11-19(20)22(27)23-17-8-2-1-3-9-17/h4-7,10-15,17H,1-3,8-9H2,(H,23,27)(H,24,26)/b14-13+. The maximum absolute atomic E-state index is 12.7. The van der Waals surface area contributed by atoms with E-state index in [4.69, 9.17) is 0 Å². The van der Waals surface area contributed by atoms with Crippen LogP contribution < -0.4 is 10.6 Å². The van der Waals surface area contributed by atoms with Crippen molar-refractivity contribution >= 4 is 29.3 Å². The number of carbonyl (C=O) groups excluding carboxylic acids is 2. The lowest BCUT2D eigenvalue weighted by molar-refractivity contribution is -0.384. The van der Waals surface area contributed by atoms with Gasteiger partial charge in [0.2, 0.25) is 5.91 Å². The lowest BCUT2D eigenvalue weighted by Gasteiger charge is -2.23. The van der Waals surface area contributed by atoms with E-state index in [-0.39, 0.29) is 17.6 Å². The fraction of sp³-hybridized carbons (Fsp3) is 0.273. The predicted molar refractivity (Wildman–Crippen MR) is 112 cm³/mol. The number of amides is 2. The fourth-order valence-electron chi connectivity index (χ4n) is 3.39. The smallest absolute Gasteiger partial charge is 0.270 e. The van der Waals surface area contributed by atoms with Crippen molar-refractivity contribution in [2.45, 2.75) is 38.1 Å². The minimum atomic E-state index is -0.488. The van der Waals surface area contributed by atoms with Gasteiger partial charge in [-0.2, -0.15) is 0 Å². The number of nitrogens with one attached hydrogen (secondary N) is 2. The highest BCUT2D eigenvalue weighted by Gasteiger charge is 2.18. The second-order valence-electron chi connectivity index (χ2n) is 7.03. The summed E-state index contributed by atoms with van der Waals surface area (Å²) in [6, 6.07) is 13.0. The van der Waals surface area contributed by atoms with Gasteiger partial charge in [-0.3, -0.25) is 19.7 Å². The molecule has 29 heavy (non-hydrogen) atoms. The van der Waals surface area contributed by atoms with Crippen molar-refractivity contribution in [3.05, 3.63) is 75.8 Å². The average Bonchev–Trinajstić information content (AvgIpc) is 2.73. The second-order valence-corrected chi connectivity index (χ2v) is 7.03. The molecule has 0 saturated heterocycles. The summed E-state index contributed by atoms with van der Waals surface area (Å²) in [5, 5.41) is 16.6. The van der Waals surface area contributed by atoms with E-state index in [1.165, 1.54) is 30.7 Å². The molecule has 1 aliphatic carbocycles. The Bertz CT molecular complexity index is 933. The third kappa shape index (κ3) is 5.75. The van der Waals surface area contributed by atoms with Gasteiger partial charge in [-0.1, -0.05) is 43.5 Å².